The van der Waals surface area contributed by atoms with Crippen LogP contribution in [-0.2, 0) is 4.74 Å². The molecule has 2 aromatic carbocycles. The van der Waals surface area contributed by atoms with Crippen LogP contribution in [0.4, 0.5) is 11.4 Å². The summed E-state index contributed by atoms with van der Waals surface area (Å²) in [4.78, 5) is 26.2. The molecule has 1 unspecified atom stereocenters. The van der Waals surface area contributed by atoms with Crippen LogP contribution >= 0.6 is 0 Å². The largest absolute Gasteiger partial charge is 0.378 e. The smallest absolute Gasteiger partial charge is 0.254 e. The second kappa shape index (κ2) is 10.5. The lowest BCUT2D eigenvalue weighted by Crippen LogP contribution is -2.40. The molecule has 1 amide bonds. The van der Waals surface area contributed by atoms with Crippen LogP contribution in [-0.4, -0.2) is 47.1 Å². The minimum atomic E-state index is -0.101. The maximum Gasteiger partial charge on any atom is 0.254 e. The predicted molar refractivity (Wildman–Crippen MR) is 138 cm³/mol. The number of carbonyl (C=O) groups is 1. The summed E-state index contributed by atoms with van der Waals surface area (Å²) in [6.45, 7) is 4.54. The van der Waals surface area contributed by atoms with E-state index in [-0.39, 0.29) is 11.9 Å². The number of carbonyl (C=O) groups excluding carboxylic acids is 1. The molecule has 1 atom stereocenters. The summed E-state index contributed by atoms with van der Waals surface area (Å²) >= 11 is 0. The molecular weight excluding hydrogens is 436 g/mol. The SMILES string of the molecule is CC(c1cc(C(=O)N2CCOCC2)ccc1-c1ccccc1)N(c1cccnc1)c1cccnc1. The first-order chi connectivity index (χ1) is 17.2. The maximum absolute atomic E-state index is 13.4. The number of hydrogen-bond acceptors (Lipinski definition) is 5. The number of rotatable bonds is 6. The van der Waals surface area contributed by atoms with Gasteiger partial charge in [-0.1, -0.05) is 36.4 Å². The van der Waals surface area contributed by atoms with Gasteiger partial charge in [-0.25, -0.2) is 0 Å². The summed E-state index contributed by atoms with van der Waals surface area (Å²) < 4.78 is 5.44. The molecule has 0 aliphatic carbocycles. The molecule has 0 spiro atoms. The fourth-order valence-corrected chi connectivity index (χ4v) is 4.60. The van der Waals surface area contributed by atoms with Crippen molar-refractivity contribution in [3.8, 4) is 11.1 Å². The molecule has 0 N–H and O–H groups in total. The molecule has 6 heteroatoms. The van der Waals surface area contributed by atoms with Crippen LogP contribution in [0.3, 0.4) is 0 Å². The van der Waals surface area contributed by atoms with Crippen LogP contribution in [0.5, 0.6) is 0 Å². The van der Waals surface area contributed by atoms with Crippen molar-refractivity contribution in [3.05, 3.63) is 109 Å². The van der Waals surface area contributed by atoms with E-state index in [1.807, 2.05) is 71.9 Å². The highest BCUT2D eigenvalue weighted by Crippen LogP contribution is 2.38. The van der Waals surface area contributed by atoms with Crippen LogP contribution < -0.4 is 4.90 Å². The summed E-state index contributed by atoms with van der Waals surface area (Å²) in [5.41, 5.74) is 5.86. The molecule has 6 nitrogen and oxygen atoms in total. The molecule has 1 aliphatic heterocycles. The van der Waals surface area contributed by atoms with Crippen molar-refractivity contribution >= 4 is 17.3 Å². The van der Waals surface area contributed by atoms with Crippen molar-refractivity contribution in [2.75, 3.05) is 31.2 Å². The Kier molecular flexibility index (Phi) is 6.82. The van der Waals surface area contributed by atoms with E-state index < -0.39 is 0 Å². The second-order valence-corrected chi connectivity index (χ2v) is 8.54. The Morgan fingerprint density at radius 1 is 0.886 bits per heavy atom. The Hall–Kier alpha value is -4.03. The molecule has 2 aromatic heterocycles. The van der Waals surface area contributed by atoms with Crippen LogP contribution in [0.15, 0.2) is 97.6 Å². The average Bonchev–Trinajstić information content (AvgIpc) is 2.94. The van der Waals surface area contributed by atoms with Crippen molar-refractivity contribution in [2.45, 2.75) is 13.0 Å². The third kappa shape index (κ3) is 4.93. The lowest BCUT2D eigenvalue weighted by molar-refractivity contribution is 0.0303. The molecule has 5 rings (SSSR count). The van der Waals surface area contributed by atoms with Gasteiger partial charge in [-0.05, 0) is 60.0 Å². The fraction of sp³-hybridized carbons (Fsp3) is 0.207. The van der Waals surface area contributed by atoms with Gasteiger partial charge in [0.1, 0.15) is 0 Å². The van der Waals surface area contributed by atoms with E-state index in [0.29, 0.717) is 31.9 Å². The summed E-state index contributed by atoms with van der Waals surface area (Å²) in [5.74, 6) is 0.0377. The molecule has 0 saturated carbocycles. The molecule has 35 heavy (non-hydrogen) atoms. The minimum Gasteiger partial charge on any atom is -0.378 e. The van der Waals surface area contributed by atoms with E-state index >= 15 is 0 Å². The van der Waals surface area contributed by atoms with Gasteiger partial charge in [0.2, 0.25) is 0 Å². The molecule has 1 aliphatic rings. The zero-order chi connectivity index (χ0) is 24.0. The summed E-state index contributed by atoms with van der Waals surface area (Å²) in [6.07, 6.45) is 7.25. The normalized spacial score (nSPS) is 14.4. The van der Waals surface area contributed by atoms with Crippen LogP contribution in [0.1, 0.15) is 28.9 Å². The quantitative estimate of drug-likeness (QED) is 0.376. The molecule has 0 radical (unpaired) electrons. The van der Waals surface area contributed by atoms with Crippen molar-refractivity contribution in [1.82, 2.24) is 14.9 Å². The Labute approximate surface area is 205 Å². The summed E-state index contributed by atoms with van der Waals surface area (Å²) in [7, 11) is 0. The van der Waals surface area contributed by atoms with Crippen LogP contribution in [0.2, 0.25) is 0 Å². The van der Waals surface area contributed by atoms with Gasteiger partial charge in [-0.15, -0.1) is 0 Å². The van der Waals surface area contributed by atoms with Gasteiger partial charge in [-0.2, -0.15) is 0 Å². The Bertz CT molecular complexity index is 1220. The van der Waals surface area contributed by atoms with Crippen LogP contribution in [0, 0.1) is 0 Å². The minimum absolute atomic E-state index is 0.0377. The lowest BCUT2D eigenvalue weighted by atomic mass is 9.92. The molecule has 4 aromatic rings. The number of aromatic nitrogens is 2. The molecule has 1 saturated heterocycles. The maximum atomic E-state index is 13.4. The van der Waals surface area contributed by atoms with Gasteiger partial charge < -0.3 is 14.5 Å². The highest BCUT2D eigenvalue weighted by atomic mass is 16.5. The topological polar surface area (TPSA) is 58.6 Å². The van der Waals surface area contributed by atoms with Crippen molar-refractivity contribution in [2.24, 2.45) is 0 Å². The number of hydrogen-bond donors (Lipinski definition) is 0. The van der Waals surface area contributed by atoms with Gasteiger partial charge in [0.25, 0.3) is 5.91 Å². The highest BCUT2D eigenvalue weighted by Gasteiger charge is 2.25. The number of ether oxygens (including phenoxy) is 1. The highest BCUT2D eigenvalue weighted by molar-refractivity contribution is 5.95. The molecule has 3 heterocycles. The Morgan fingerprint density at radius 3 is 2.14 bits per heavy atom. The third-order valence-electron chi connectivity index (χ3n) is 6.37. The summed E-state index contributed by atoms with van der Waals surface area (Å²) in [5, 5.41) is 0. The van der Waals surface area contributed by atoms with E-state index in [2.05, 4.69) is 40.0 Å². The summed E-state index contributed by atoms with van der Waals surface area (Å²) in [6, 6.07) is 24.2. The van der Waals surface area contributed by atoms with E-state index in [4.69, 9.17) is 4.74 Å². The van der Waals surface area contributed by atoms with Crippen molar-refractivity contribution < 1.29 is 9.53 Å². The second-order valence-electron chi connectivity index (χ2n) is 8.54. The molecule has 0 bridgehead atoms. The van der Waals surface area contributed by atoms with Gasteiger partial charge in [0.15, 0.2) is 0 Å². The van der Waals surface area contributed by atoms with Gasteiger partial charge in [0.05, 0.1) is 43.0 Å². The predicted octanol–water partition coefficient (Wildman–Crippen LogP) is 5.52. The number of benzene rings is 2. The van der Waals surface area contributed by atoms with E-state index in [9.17, 15) is 4.79 Å². The molecular formula is C29H28N4O2. The standard InChI is InChI=1S/C29H28N4O2/c1-22(33(25-9-5-13-30-20-25)26-10-6-14-31-21-26)28-19-24(29(34)32-15-17-35-18-16-32)11-12-27(28)23-7-3-2-4-8-23/h2-14,19-22H,15-18H2,1H3. The first-order valence-electron chi connectivity index (χ1n) is 11.9. The fourth-order valence-electron chi connectivity index (χ4n) is 4.60. The van der Waals surface area contributed by atoms with Gasteiger partial charge in [0, 0.05) is 31.0 Å². The Balaban J connectivity index is 1.62. The first kappa shape index (κ1) is 22.7. The zero-order valence-corrected chi connectivity index (χ0v) is 19.7. The van der Waals surface area contributed by atoms with E-state index in [1.165, 1.54) is 0 Å². The molecule has 1 fully saturated rings. The number of anilines is 2. The third-order valence-corrected chi connectivity index (χ3v) is 6.37. The molecule has 176 valence electrons. The monoisotopic (exact) mass is 464 g/mol. The number of amides is 1. The lowest BCUT2D eigenvalue weighted by Gasteiger charge is -2.33. The number of morpholine rings is 1. The van der Waals surface area contributed by atoms with Crippen LogP contribution in [0.25, 0.3) is 11.1 Å². The number of pyridine rings is 2. The van der Waals surface area contributed by atoms with Gasteiger partial charge in [-0.3, -0.25) is 14.8 Å². The first-order valence-corrected chi connectivity index (χ1v) is 11.9. The average molecular weight is 465 g/mol. The van der Waals surface area contributed by atoms with E-state index in [0.717, 1.165) is 28.1 Å². The van der Waals surface area contributed by atoms with Crippen molar-refractivity contribution in [3.63, 3.8) is 0 Å². The number of nitrogens with zero attached hydrogens (tertiary/aromatic N) is 4. The van der Waals surface area contributed by atoms with Crippen molar-refractivity contribution in [1.29, 1.82) is 0 Å². The zero-order valence-electron chi connectivity index (χ0n) is 19.7. The van der Waals surface area contributed by atoms with Gasteiger partial charge >= 0.3 is 0 Å². The van der Waals surface area contributed by atoms with E-state index in [1.54, 1.807) is 12.4 Å². The Morgan fingerprint density at radius 2 is 1.54 bits per heavy atom.